The number of nitrogens with zero attached hydrogens (tertiary/aromatic N) is 3. The fraction of sp³-hybridized carbons (Fsp3) is 0.526. The van der Waals surface area contributed by atoms with Crippen molar-refractivity contribution in [1.82, 2.24) is 9.80 Å². The first-order chi connectivity index (χ1) is 12.1. The van der Waals surface area contributed by atoms with E-state index in [2.05, 4.69) is 6.07 Å². The fourth-order valence-electron chi connectivity index (χ4n) is 4.01. The fourth-order valence-corrected chi connectivity index (χ4v) is 4.01. The van der Waals surface area contributed by atoms with Crippen LogP contribution in [0.25, 0.3) is 0 Å². The van der Waals surface area contributed by atoms with E-state index < -0.39 is 0 Å². The van der Waals surface area contributed by atoms with Crippen molar-refractivity contribution < 1.29 is 14.7 Å². The molecule has 0 aromatic heterocycles. The summed E-state index contributed by atoms with van der Waals surface area (Å²) >= 11 is 0. The molecule has 1 atom stereocenters. The van der Waals surface area contributed by atoms with Crippen molar-refractivity contribution >= 4 is 11.8 Å². The number of rotatable bonds is 3. The number of carbonyl (C=O) groups excluding carboxylic acids is 2. The van der Waals surface area contributed by atoms with Crippen molar-refractivity contribution in [3.8, 4) is 6.07 Å². The second kappa shape index (κ2) is 7.24. The van der Waals surface area contributed by atoms with Gasteiger partial charge in [0.2, 0.25) is 5.91 Å². The molecular weight excluding hydrogens is 318 g/mol. The number of piperidine rings is 2. The van der Waals surface area contributed by atoms with Gasteiger partial charge in [0.1, 0.15) is 0 Å². The van der Waals surface area contributed by atoms with Crippen molar-refractivity contribution in [2.45, 2.75) is 25.7 Å². The highest BCUT2D eigenvalue weighted by molar-refractivity contribution is 5.94. The first-order valence-corrected chi connectivity index (χ1v) is 8.75. The quantitative estimate of drug-likeness (QED) is 0.900. The normalized spacial score (nSPS) is 23.6. The van der Waals surface area contributed by atoms with Gasteiger partial charge in [-0.25, -0.2) is 0 Å². The summed E-state index contributed by atoms with van der Waals surface area (Å²) in [6.45, 7) is 2.30. The summed E-state index contributed by atoms with van der Waals surface area (Å²) in [5.74, 6) is 0.0735. The number of likely N-dealkylation sites (tertiary alicyclic amines) is 2. The number of hydrogen-bond acceptors (Lipinski definition) is 4. The Morgan fingerprint density at radius 3 is 2.68 bits per heavy atom. The Kier molecular flexibility index (Phi) is 5.05. The van der Waals surface area contributed by atoms with Gasteiger partial charge in [-0.3, -0.25) is 9.59 Å². The van der Waals surface area contributed by atoms with E-state index in [4.69, 9.17) is 5.26 Å². The van der Waals surface area contributed by atoms with E-state index in [9.17, 15) is 14.7 Å². The summed E-state index contributed by atoms with van der Waals surface area (Å²) in [6.07, 6.45) is 3.20. The molecule has 2 fully saturated rings. The summed E-state index contributed by atoms with van der Waals surface area (Å²) in [5.41, 5.74) is 1.07. The molecule has 2 heterocycles. The van der Waals surface area contributed by atoms with Crippen molar-refractivity contribution in [3.63, 3.8) is 0 Å². The zero-order valence-corrected chi connectivity index (χ0v) is 14.3. The summed E-state index contributed by atoms with van der Waals surface area (Å²) in [4.78, 5) is 28.4. The summed E-state index contributed by atoms with van der Waals surface area (Å²) in [6, 6.07) is 8.78. The Morgan fingerprint density at radius 2 is 2.00 bits per heavy atom. The molecule has 1 aromatic carbocycles. The molecule has 0 radical (unpaired) electrons. The molecule has 2 amide bonds. The Morgan fingerprint density at radius 1 is 1.24 bits per heavy atom. The number of β-amino-alcohol motifs (C(OH)–C–C–N with tert-alkyl or cyclic N) is 1. The Bertz CT molecular complexity index is 695. The lowest BCUT2D eigenvalue weighted by Crippen LogP contribution is -2.55. The van der Waals surface area contributed by atoms with Gasteiger partial charge in [-0.1, -0.05) is 0 Å². The van der Waals surface area contributed by atoms with Gasteiger partial charge in [0, 0.05) is 43.6 Å². The van der Waals surface area contributed by atoms with Gasteiger partial charge in [0.15, 0.2) is 0 Å². The van der Waals surface area contributed by atoms with Crippen molar-refractivity contribution in [1.29, 1.82) is 5.26 Å². The topological polar surface area (TPSA) is 84.6 Å². The molecule has 25 heavy (non-hydrogen) atoms. The highest BCUT2D eigenvalue weighted by Crippen LogP contribution is 2.39. The molecule has 1 N–H and O–H groups in total. The van der Waals surface area contributed by atoms with Gasteiger partial charge in [0.05, 0.1) is 18.2 Å². The van der Waals surface area contributed by atoms with E-state index in [0.717, 1.165) is 19.3 Å². The average Bonchev–Trinajstić information content (AvgIpc) is 2.65. The molecule has 6 nitrogen and oxygen atoms in total. The molecule has 2 aliphatic rings. The van der Waals surface area contributed by atoms with Crippen LogP contribution < -0.4 is 0 Å². The summed E-state index contributed by atoms with van der Waals surface area (Å²) in [5, 5.41) is 18.0. The minimum absolute atomic E-state index is 0.0193. The van der Waals surface area contributed by atoms with Crippen LogP contribution in [0, 0.1) is 16.7 Å². The largest absolute Gasteiger partial charge is 0.395 e. The van der Waals surface area contributed by atoms with E-state index in [0.29, 0.717) is 43.7 Å². The number of hydrogen-bond donors (Lipinski definition) is 1. The third-order valence-electron chi connectivity index (χ3n) is 5.33. The SMILES string of the molecule is N#Cc1ccc(C(=O)N2CCCC3(CCC(=O)N(CCO)C3)C2)cc1. The molecule has 3 rings (SSSR count). The van der Waals surface area contributed by atoms with E-state index in [1.54, 1.807) is 29.2 Å². The minimum Gasteiger partial charge on any atom is -0.395 e. The molecule has 0 aliphatic carbocycles. The van der Waals surface area contributed by atoms with Crippen molar-refractivity contribution in [2.75, 3.05) is 32.8 Å². The monoisotopic (exact) mass is 341 g/mol. The third kappa shape index (κ3) is 3.67. The lowest BCUT2D eigenvalue weighted by molar-refractivity contribution is -0.139. The predicted molar refractivity (Wildman–Crippen MR) is 91.6 cm³/mol. The first kappa shape index (κ1) is 17.4. The Labute approximate surface area is 147 Å². The average molecular weight is 341 g/mol. The highest BCUT2D eigenvalue weighted by Gasteiger charge is 2.42. The molecular formula is C19H23N3O3. The number of carbonyl (C=O) groups is 2. The Balaban J connectivity index is 1.72. The predicted octanol–water partition coefficient (Wildman–Crippen LogP) is 1.40. The molecule has 0 bridgehead atoms. The van der Waals surface area contributed by atoms with Gasteiger partial charge in [-0.05, 0) is 43.5 Å². The lowest BCUT2D eigenvalue weighted by Gasteiger charge is -2.48. The zero-order valence-electron chi connectivity index (χ0n) is 14.3. The summed E-state index contributed by atoms with van der Waals surface area (Å²) in [7, 11) is 0. The highest BCUT2D eigenvalue weighted by atomic mass is 16.3. The number of benzene rings is 1. The van der Waals surface area contributed by atoms with Gasteiger partial charge in [-0.15, -0.1) is 0 Å². The minimum atomic E-state index is -0.0659. The molecule has 2 saturated heterocycles. The molecule has 1 unspecified atom stereocenters. The van der Waals surface area contributed by atoms with Crippen LogP contribution in [0.2, 0.25) is 0 Å². The van der Waals surface area contributed by atoms with E-state index >= 15 is 0 Å². The number of aliphatic hydroxyl groups is 1. The molecule has 2 aliphatic heterocycles. The molecule has 132 valence electrons. The Hall–Kier alpha value is -2.39. The van der Waals surface area contributed by atoms with Crippen molar-refractivity contribution in [3.05, 3.63) is 35.4 Å². The number of nitriles is 1. The number of aliphatic hydroxyl groups excluding tert-OH is 1. The lowest BCUT2D eigenvalue weighted by atomic mass is 9.73. The maximum absolute atomic E-state index is 12.8. The van der Waals surface area contributed by atoms with Crippen LogP contribution >= 0.6 is 0 Å². The van der Waals surface area contributed by atoms with E-state index in [-0.39, 0.29) is 23.8 Å². The molecule has 6 heteroatoms. The van der Waals surface area contributed by atoms with Crippen LogP contribution in [0.15, 0.2) is 24.3 Å². The van der Waals surface area contributed by atoms with Crippen LogP contribution in [-0.4, -0.2) is 59.5 Å². The first-order valence-electron chi connectivity index (χ1n) is 8.75. The maximum atomic E-state index is 12.8. The van der Waals surface area contributed by atoms with Crippen LogP contribution in [0.5, 0.6) is 0 Å². The summed E-state index contributed by atoms with van der Waals surface area (Å²) < 4.78 is 0. The van der Waals surface area contributed by atoms with Gasteiger partial charge >= 0.3 is 0 Å². The van der Waals surface area contributed by atoms with Crippen LogP contribution in [0.4, 0.5) is 0 Å². The van der Waals surface area contributed by atoms with Crippen molar-refractivity contribution in [2.24, 2.45) is 5.41 Å². The smallest absolute Gasteiger partial charge is 0.253 e. The standard InChI is InChI=1S/C19H23N3O3/c20-12-15-2-4-16(5-3-15)18(25)22-9-1-7-19(14-22)8-6-17(24)21(13-19)10-11-23/h2-5,23H,1,6-11,13-14H2. The van der Waals surface area contributed by atoms with Crippen LogP contribution in [-0.2, 0) is 4.79 Å². The second-order valence-corrected chi connectivity index (χ2v) is 7.06. The molecule has 1 aromatic rings. The molecule has 0 saturated carbocycles. The number of amides is 2. The van der Waals surface area contributed by atoms with Gasteiger partial charge < -0.3 is 14.9 Å². The zero-order chi connectivity index (χ0) is 17.9. The van der Waals surface area contributed by atoms with Crippen LogP contribution in [0.1, 0.15) is 41.6 Å². The second-order valence-electron chi connectivity index (χ2n) is 7.06. The van der Waals surface area contributed by atoms with E-state index in [1.165, 1.54) is 0 Å². The van der Waals surface area contributed by atoms with Crippen LogP contribution in [0.3, 0.4) is 0 Å². The maximum Gasteiger partial charge on any atom is 0.253 e. The van der Waals surface area contributed by atoms with Gasteiger partial charge in [-0.2, -0.15) is 5.26 Å². The third-order valence-corrected chi connectivity index (χ3v) is 5.33. The van der Waals surface area contributed by atoms with E-state index in [1.807, 2.05) is 4.90 Å². The molecule has 1 spiro atoms. The van der Waals surface area contributed by atoms with Gasteiger partial charge in [0.25, 0.3) is 5.91 Å².